The second-order valence-electron chi connectivity index (χ2n) is 8.39. The van der Waals surface area contributed by atoms with E-state index in [0.29, 0.717) is 13.1 Å². The molecule has 3 aliphatic rings. The molecule has 0 bridgehead atoms. The predicted molar refractivity (Wildman–Crippen MR) is 101 cm³/mol. The second-order valence-corrected chi connectivity index (χ2v) is 8.39. The highest BCUT2D eigenvalue weighted by Crippen LogP contribution is 2.59. The summed E-state index contributed by atoms with van der Waals surface area (Å²) in [5, 5.41) is 2.76. The summed E-state index contributed by atoms with van der Waals surface area (Å²) in [5.74, 6) is 0.0427. The van der Waals surface area contributed by atoms with E-state index in [4.69, 9.17) is 24.7 Å². The van der Waals surface area contributed by atoms with Gasteiger partial charge in [0.05, 0.1) is 18.6 Å². The van der Waals surface area contributed by atoms with E-state index < -0.39 is 6.09 Å². The van der Waals surface area contributed by atoms with E-state index in [0.717, 1.165) is 32.3 Å². The zero-order valence-corrected chi connectivity index (χ0v) is 17.0. The first-order chi connectivity index (χ1) is 12.9. The van der Waals surface area contributed by atoms with Gasteiger partial charge >= 0.3 is 6.09 Å². The lowest BCUT2D eigenvalue weighted by atomic mass is 9.68. The van der Waals surface area contributed by atoms with E-state index in [9.17, 15) is 4.79 Å². The van der Waals surface area contributed by atoms with Crippen molar-refractivity contribution in [1.29, 1.82) is 0 Å². The van der Waals surface area contributed by atoms with Crippen molar-refractivity contribution < 1.29 is 23.7 Å². The molecule has 2 aliphatic heterocycles. The van der Waals surface area contributed by atoms with Gasteiger partial charge in [-0.05, 0) is 53.0 Å². The topological polar surface area (TPSA) is 98.6 Å². The van der Waals surface area contributed by atoms with Crippen molar-refractivity contribution in [2.75, 3.05) is 26.8 Å². The standard InChI is InChI=1S/C20H34N2O5/c1-13(2)6-7-15-19(3,27-15)17-16(24-4)14(8-9-20(17)12-25-20)26-18(23)22-11-5-10-21/h6,14-17H,5,7-12,21H2,1-4H3,(H,22,23)/t14?,15-,16?,17?,19+,20+/m1/s1. The smallest absolute Gasteiger partial charge is 0.407 e. The first-order valence-corrected chi connectivity index (χ1v) is 9.99. The van der Waals surface area contributed by atoms with Gasteiger partial charge in [0.15, 0.2) is 0 Å². The maximum absolute atomic E-state index is 12.1. The average molecular weight is 383 g/mol. The lowest BCUT2D eigenvalue weighted by Gasteiger charge is -2.42. The minimum atomic E-state index is -0.412. The molecular formula is C20H34N2O5. The number of epoxide rings is 2. The molecule has 1 saturated carbocycles. The van der Waals surface area contributed by atoms with Crippen LogP contribution in [0.25, 0.3) is 0 Å². The molecule has 154 valence electrons. The van der Waals surface area contributed by atoms with Gasteiger partial charge < -0.3 is 30.0 Å². The van der Waals surface area contributed by atoms with Crippen LogP contribution in [0.2, 0.25) is 0 Å². The van der Waals surface area contributed by atoms with E-state index >= 15 is 0 Å². The number of rotatable bonds is 8. The third-order valence-electron chi connectivity index (χ3n) is 6.15. The van der Waals surface area contributed by atoms with Gasteiger partial charge in [-0.25, -0.2) is 4.79 Å². The summed E-state index contributed by atoms with van der Waals surface area (Å²) in [5.41, 5.74) is 6.23. The molecule has 0 aromatic carbocycles. The van der Waals surface area contributed by atoms with Crippen LogP contribution in [0.4, 0.5) is 4.79 Å². The van der Waals surface area contributed by atoms with Crippen LogP contribution in [-0.4, -0.2) is 62.4 Å². The van der Waals surface area contributed by atoms with Gasteiger partial charge in [0.1, 0.15) is 23.4 Å². The molecule has 27 heavy (non-hydrogen) atoms. The monoisotopic (exact) mass is 382 g/mol. The Kier molecular flexibility index (Phi) is 6.15. The van der Waals surface area contributed by atoms with Crippen LogP contribution in [0.3, 0.4) is 0 Å². The number of amides is 1. The number of hydrogen-bond acceptors (Lipinski definition) is 6. The lowest BCUT2D eigenvalue weighted by molar-refractivity contribution is -0.118. The molecule has 1 aliphatic carbocycles. The van der Waals surface area contributed by atoms with Gasteiger partial charge in [-0.2, -0.15) is 0 Å². The molecule has 1 spiro atoms. The van der Waals surface area contributed by atoms with Crippen LogP contribution >= 0.6 is 0 Å². The molecular weight excluding hydrogens is 348 g/mol. The highest BCUT2D eigenvalue weighted by molar-refractivity contribution is 5.67. The molecule has 2 heterocycles. The van der Waals surface area contributed by atoms with Gasteiger partial charge in [0.25, 0.3) is 0 Å². The molecule has 1 amide bonds. The summed E-state index contributed by atoms with van der Waals surface area (Å²) in [7, 11) is 1.68. The number of methoxy groups -OCH3 is 1. The highest BCUT2D eigenvalue weighted by Gasteiger charge is 2.72. The number of hydrogen-bond donors (Lipinski definition) is 2. The fraction of sp³-hybridized carbons (Fsp3) is 0.850. The van der Waals surface area contributed by atoms with Crippen molar-refractivity contribution in [3.8, 4) is 0 Å². The molecule has 2 saturated heterocycles. The molecule has 3 rings (SSSR count). The van der Waals surface area contributed by atoms with E-state index in [-0.39, 0.29) is 35.4 Å². The van der Waals surface area contributed by atoms with Crippen LogP contribution in [0.5, 0.6) is 0 Å². The van der Waals surface area contributed by atoms with Gasteiger partial charge in [-0.3, -0.25) is 0 Å². The Morgan fingerprint density at radius 1 is 1.41 bits per heavy atom. The SMILES string of the molecule is COC1C(OC(=O)NCCCN)CC[C@]2(CO2)C1[C@@]1(C)O[C@@H]1CC=C(C)C. The summed E-state index contributed by atoms with van der Waals surface area (Å²) in [6.45, 7) is 8.10. The fourth-order valence-electron chi connectivity index (χ4n) is 4.54. The Hall–Kier alpha value is -1.15. The molecule has 3 unspecified atom stereocenters. The number of allylic oxidation sites excluding steroid dienone is 1. The number of carbonyl (C=O) groups is 1. The van der Waals surface area contributed by atoms with E-state index in [1.807, 2.05) is 0 Å². The largest absolute Gasteiger partial charge is 0.443 e. The Bertz CT molecular complexity index is 573. The summed E-state index contributed by atoms with van der Waals surface area (Å²) < 4.78 is 23.6. The maximum atomic E-state index is 12.1. The van der Waals surface area contributed by atoms with Crippen LogP contribution in [0, 0.1) is 5.92 Å². The number of nitrogens with one attached hydrogen (secondary N) is 1. The molecule has 6 atom stereocenters. The minimum absolute atomic E-state index is 0.0427. The average Bonchev–Trinajstić information content (AvgIpc) is 3.53. The molecule has 0 aromatic rings. The zero-order valence-electron chi connectivity index (χ0n) is 17.0. The quantitative estimate of drug-likeness (QED) is 0.379. The van der Waals surface area contributed by atoms with E-state index in [1.165, 1.54) is 5.57 Å². The van der Waals surface area contributed by atoms with Crippen LogP contribution < -0.4 is 11.1 Å². The summed E-state index contributed by atoms with van der Waals surface area (Å²) >= 11 is 0. The van der Waals surface area contributed by atoms with E-state index in [2.05, 4.69) is 32.2 Å². The zero-order chi connectivity index (χ0) is 19.7. The summed E-state index contributed by atoms with van der Waals surface area (Å²) in [4.78, 5) is 12.1. The van der Waals surface area contributed by atoms with Crippen molar-refractivity contribution >= 4 is 6.09 Å². The molecule has 7 heteroatoms. The van der Waals surface area contributed by atoms with E-state index in [1.54, 1.807) is 7.11 Å². The predicted octanol–water partition coefficient (Wildman–Crippen LogP) is 2.14. The van der Waals surface area contributed by atoms with Crippen molar-refractivity contribution in [2.24, 2.45) is 11.7 Å². The Balaban J connectivity index is 1.68. The Morgan fingerprint density at radius 3 is 2.74 bits per heavy atom. The van der Waals surface area contributed by atoms with Crippen molar-refractivity contribution in [3.05, 3.63) is 11.6 Å². The fourth-order valence-corrected chi connectivity index (χ4v) is 4.54. The molecule has 7 nitrogen and oxygen atoms in total. The van der Waals surface area contributed by atoms with Gasteiger partial charge in [0.2, 0.25) is 0 Å². The maximum Gasteiger partial charge on any atom is 0.407 e. The summed E-state index contributed by atoms with van der Waals surface area (Å²) in [6.07, 6.45) is 4.58. The number of carbonyl (C=O) groups excluding carboxylic acids is 1. The van der Waals surface area contributed by atoms with Crippen molar-refractivity contribution in [2.45, 2.75) is 76.0 Å². The second kappa shape index (κ2) is 8.07. The van der Waals surface area contributed by atoms with Crippen LogP contribution in [0.1, 0.15) is 46.5 Å². The van der Waals surface area contributed by atoms with Crippen molar-refractivity contribution in [1.82, 2.24) is 5.32 Å². The minimum Gasteiger partial charge on any atom is -0.443 e. The molecule has 0 aromatic heterocycles. The normalized spacial score (nSPS) is 39.7. The van der Waals surface area contributed by atoms with Crippen LogP contribution in [-0.2, 0) is 18.9 Å². The first kappa shape index (κ1) is 20.6. The number of nitrogens with two attached hydrogens (primary N) is 1. The van der Waals surface area contributed by atoms with Gasteiger partial charge in [-0.15, -0.1) is 0 Å². The number of ether oxygens (including phenoxy) is 4. The molecule has 3 N–H and O–H groups in total. The van der Waals surface area contributed by atoms with Crippen molar-refractivity contribution in [3.63, 3.8) is 0 Å². The Morgan fingerprint density at radius 2 is 2.15 bits per heavy atom. The van der Waals surface area contributed by atoms with Crippen LogP contribution in [0.15, 0.2) is 11.6 Å². The number of alkyl carbamates (subject to hydrolysis) is 1. The first-order valence-electron chi connectivity index (χ1n) is 9.99. The van der Waals surface area contributed by atoms with Gasteiger partial charge in [0, 0.05) is 13.7 Å². The molecule has 0 radical (unpaired) electrons. The highest BCUT2D eigenvalue weighted by atomic mass is 16.6. The third kappa shape index (κ3) is 4.31. The molecule has 3 fully saturated rings. The lowest BCUT2D eigenvalue weighted by Crippen LogP contribution is -2.56. The summed E-state index contributed by atoms with van der Waals surface area (Å²) in [6, 6.07) is 0. The third-order valence-corrected chi connectivity index (χ3v) is 6.15. The van der Waals surface area contributed by atoms with Gasteiger partial charge in [-0.1, -0.05) is 11.6 Å². The Labute approximate surface area is 161 Å².